The third kappa shape index (κ3) is 4.14. The van der Waals surface area contributed by atoms with Crippen molar-refractivity contribution < 1.29 is 18.7 Å². The summed E-state index contributed by atoms with van der Waals surface area (Å²) >= 11 is 0. The van der Waals surface area contributed by atoms with Gasteiger partial charge in [0, 0.05) is 5.39 Å². The van der Waals surface area contributed by atoms with Gasteiger partial charge < -0.3 is 14.1 Å². The number of aromatic amines is 1. The van der Waals surface area contributed by atoms with Crippen LogP contribution in [0.3, 0.4) is 0 Å². The van der Waals surface area contributed by atoms with Gasteiger partial charge in [-0.3, -0.25) is 19.8 Å². The molecule has 0 spiro atoms. The van der Waals surface area contributed by atoms with Crippen molar-refractivity contribution in [3.8, 4) is 0 Å². The highest BCUT2D eigenvalue weighted by Gasteiger charge is 2.17. The van der Waals surface area contributed by atoms with Crippen LogP contribution in [-0.2, 0) is 16.1 Å². The topological polar surface area (TPSA) is 118 Å². The molecule has 0 aliphatic rings. The van der Waals surface area contributed by atoms with Gasteiger partial charge in [-0.1, -0.05) is 19.1 Å². The number of likely N-dealkylation sites (N-methyl/N-ethyl adjacent to an activating group) is 1. The molecule has 0 aliphatic carbocycles. The van der Waals surface area contributed by atoms with Gasteiger partial charge in [0.2, 0.25) is 11.5 Å². The van der Waals surface area contributed by atoms with E-state index in [2.05, 4.69) is 20.0 Å². The summed E-state index contributed by atoms with van der Waals surface area (Å²) in [5, 5.41) is 2.90. The van der Waals surface area contributed by atoms with Crippen LogP contribution in [0, 0.1) is 0 Å². The first-order chi connectivity index (χ1) is 13.0. The van der Waals surface area contributed by atoms with E-state index in [1.54, 1.807) is 17.9 Å². The van der Waals surface area contributed by atoms with Crippen LogP contribution in [-0.4, -0.2) is 46.6 Å². The molecule has 2 heterocycles. The third-order valence-electron chi connectivity index (χ3n) is 3.98. The van der Waals surface area contributed by atoms with E-state index >= 15 is 0 Å². The quantitative estimate of drug-likeness (QED) is 0.677. The van der Waals surface area contributed by atoms with Crippen LogP contribution in [0.5, 0.6) is 0 Å². The maximum Gasteiger partial charge on any atom is 0.413 e. The molecule has 1 aromatic carbocycles. The van der Waals surface area contributed by atoms with E-state index in [1.807, 2.05) is 25.1 Å². The highest BCUT2D eigenvalue weighted by atomic mass is 16.5. The molecule has 0 radical (unpaired) electrons. The molecule has 0 atom stereocenters. The summed E-state index contributed by atoms with van der Waals surface area (Å²) in [6, 6.07) is 7.27. The van der Waals surface area contributed by atoms with Crippen LogP contribution < -0.4 is 10.9 Å². The largest absolute Gasteiger partial charge is 0.450 e. The summed E-state index contributed by atoms with van der Waals surface area (Å²) in [6.07, 6.45) is -0.781. The van der Waals surface area contributed by atoms with Crippen LogP contribution in [0.15, 0.2) is 33.5 Å². The second-order valence-corrected chi connectivity index (χ2v) is 5.86. The van der Waals surface area contributed by atoms with Crippen molar-refractivity contribution in [3.05, 3.63) is 40.4 Å². The fraction of sp³-hybridized carbons (Fsp3) is 0.333. The lowest BCUT2D eigenvalue weighted by Crippen LogP contribution is -2.40. The number of fused-ring (bicyclic) bond motifs is 3. The van der Waals surface area contributed by atoms with Gasteiger partial charge in [-0.25, -0.2) is 9.78 Å². The first-order valence-corrected chi connectivity index (χ1v) is 8.61. The number of rotatable bonds is 6. The molecule has 0 saturated carbocycles. The molecule has 3 rings (SSSR count). The van der Waals surface area contributed by atoms with Crippen molar-refractivity contribution in [1.82, 2.24) is 20.2 Å². The smallest absolute Gasteiger partial charge is 0.413 e. The number of carbonyl (C=O) groups is 2. The summed E-state index contributed by atoms with van der Waals surface area (Å²) < 4.78 is 10.2. The van der Waals surface area contributed by atoms with Gasteiger partial charge in [-0.15, -0.1) is 0 Å². The first kappa shape index (κ1) is 18.6. The number of ether oxygens (including phenoxy) is 1. The van der Waals surface area contributed by atoms with Gasteiger partial charge in [-0.2, -0.15) is 0 Å². The van der Waals surface area contributed by atoms with Gasteiger partial charge in [0.25, 0.3) is 5.56 Å². The number of nitrogens with zero attached hydrogens (tertiary/aromatic N) is 2. The van der Waals surface area contributed by atoms with E-state index in [-0.39, 0.29) is 30.8 Å². The molecular weight excluding hydrogens is 352 g/mol. The lowest BCUT2D eigenvalue weighted by Gasteiger charge is -2.18. The highest BCUT2D eigenvalue weighted by molar-refractivity contribution is 6.01. The van der Waals surface area contributed by atoms with Crippen LogP contribution in [0.2, 0.25) is 0 Å². The van der Waals surface area contributed by atoms with Gasteiger partial charge >= 0.3 is 6.09 Å². The molecule has 0 aliphatic heterocycles. The van der Waals surface area contributed by atoms with Gasteiger partial charge in [-0.05, 0) is 25.6 Å². The number of aromatic nitrogens is 2. The fourth-order valence-corrected chi connectivity index (χ4v) is 2.74. The molecule has 142 valence electrons. The maximum absolute atomic E-state index is 12.3. The monoisotopic (exact) mass is 372 g/mol. The minimum atomic E-state index is -0.781. The highest BCUT2D eigenvalue weighted by Crippen LogP contribution is 2.24. The Bertz CT molecular complexity index is 1040. The van der Waals surface area contributed by atoms with Crippen molar-refractivity contribution >= 4 is 34.1 Å². The fourth-order valence-electron chi connectivity index (χ4n) is 2.74. The molecule has 9 heteroatoms. The number of carbonyl (C=O) groups excluding carboxylic acids is 2. The second kappa shape index (κ2) is 8.00. The van der Waals surface area contributed by atoms with E-state index in [4.69, 9.17) is 4.42 Å². The van der Waals surface area contributed by atoms with Gasteiger partial charge in [0.1, 0.15) is 16.9 Å². The number of para-hydroxylation sites is 1. The zero-order valence-electron chi connectivity index (χ0n) is 15.1. The maximum atomic E-state index is 12.3. The minimum Gasteiger partial charge on any atom is -0.450 e. The Morgan fingerprint density at radius 2 is 2.07 bits per heavy atom. The number of hydrogen-bond acceptors (Lipinski definition) is 7. The zero-order chi connectivity index (χ0) is 19.4. The lowest BCUT2D eigenvalue weighted by molar-refractivity contribution is -0.121. The molecule has 2 aromatic heterocycles. The van der Waals surface area contributed by atoms with Crippen molar-refractivity contribution in [2.24, 2.45) is 0 Å². The van der Waals surface area contributed by atoms with E-state index < -0.39 is 12.0 Å². The van der Waals surface area contributed by atoms with Crippen molar-refractivity contribution in [2.45, 2.75) is 20.4 Å². The molecule has 0 unspecified atom stereocenters. The number of furan rings is 1. The van der Waals surface area contributed by atoms with Crippen molar-refractivity contribution in [2.75, 3.05) is 19.7 Å². The summed E-state index contributed by atoms with van der Waals surface area (Å²) in [4.78, 5) is 44.5. The number of alkyl carbamates (subject to hydrolysis) is 1. The molecule has 2 N–H and O–H groups in total. The van der Waals surface area contributed by atoms with E-state index in [0.717, 1.165) is 5.39 Å². The van der Waals surface area contributed by atoms with E-state index in [1.165, 1.54) is 0 Å². The molecule has 27 heavy (non-hydrogen) atoms. The molecule has 3 aromatic rings. The molecule has 0 bridgehead atoms. The summed E-state index contributed by atoms with van der Waals surface area (Å²) in [5.41, 5.74) is 0.862. The summed E-state index contributed by atoms with van der Waals surface area (Å²) in [6.45, 7) is 4.41. The Hall–Kier alpha value is -3.20. The van der Waals surface area contributed by atoms with Gasteiger partial charge in [0.05, 0.1) is 19.7 Å². The first-order valence-electron chi connectivity index (χ1n) is 8.61. The second-order valence-electron chi connectivity index (χ2n) is 5.86. The van der Waals surface area contributed by atoms with Gasteiger partial charge in [0.15, 0.2) is 0 Å². The molecule has 0 fully saturated rings. The van der Waals surface area contributed by atoms with Crippen molar-refractivity contribution in [1.29, 1.82) is 0 Å². The van der Waals surface area contributed by atoms with Crippen LogP contribution in [0.4, 0.5) is 4.79 Å². The predicted molar refractivity (Wildman–Crippen MR) is 98.3 cm³/mol. The average molecular weight is 372 g/mol. The lowest BCUT2D eigenvalue weighted by atomic mass is 10.2. The number of hydrogen-bond donors (Lipinski definition) is 2. The number of imide groups is 1. The Labute approximate surface area is 154 Å². The zero-order valence-corrected chi connectivity index (χ0v) is 15.1. The number of H-pyrrole nitrogens is 1. The third-order valence-corrected chi connectivity index (χ3v) is 3.98. The minimum absolute atomic E-state index is 0.0385. The normalized spacial score (nSPS) is 11.2. The van der Waals surface area contributed by atoms with Crippen LogP contribution in [0.25, 0.3) is 22.1 Å². The summed E-state index contributed by atoms with van der Waals surface area (Å²) in [7, 11) is 0. The molecule has 0 saturated heterocycles. The van der Waals surface area contributed by atoms with E-state index in [9.17, 15) is 14.4 Å². The van der Waals surface area contributed by atoms with Crippen LogP contribution in [0.1, 0.15) is 19.7 Å². The number of amides is 2. The van der Waals surface area contributed by atoms with Crippen LogP contribution >= 0.6 is 0 Å². The predicted octanol–water partition coefficient (Wildman–Crippen LogP) is 1.76. The Morgan fingerprint density at radius 3 is 2.81 bits per heavy atom. The average Bonchev–Trinajstić information content (AvgIpc) is 3.00. The summed E-state index contributed by atoms with van der Waals surface area (Å²) in [5.74, 6) is -0.0858. The Kier molecular flexibility index (Phi) is 5.51. The standard InChI is InChI=1S/C18H20N4O5/c1-3-22(10-14(23)21-18(25)26-4-2)9-13-19-15-11-7-5-6-8-12(11)27-16(15)17(24)20-13/h5-8H,3-4,9-10H2,1-2H3,(H,19,20,24)(H,21,23,25). The molecule has 2 amide bonds. The van der Waals surface area contributed by atoms with E-state index in [0.29, 0.717) is 23.5 Å². The van der Waals surface area contributed by atoms with Crippen molar-refractivity contribution in [3.63, 3.8) is 0 Å². The number of nitrogens with one attached hydrogen (secondary N) is 2. The molecule has 9 nitrogen and oxygen atoms in total. The molecular formula is C18H20N4O5. The Balaban J connectivity index is 1.80. The Morgan fingerprint density at radius 1 is 1.30 bits per heavy atom. The number of benzene rings is 1. The SMILES string of the molecule is CCOC(=O)NC(=O)CN(CC)Cc1nc2c(oc3ccccc32)c(=O)[nH]1.